The summed E-state index contributed by atoms with van der Waals surface area (Å²) in [5.74, 6) is 0.864. The highest BCUT2D eigenvalue weighted by Gasteiger charge is 2.30. The van der Waals surface area contributed by atoms with Gasteiger partial charge in [-0.15, -0.1) is 0 Å². The van der Waals surface area contributed by atoms with Crippen LogP contribution in [0.25, 0.3) is 10.8 Å². The fourth-order valence-corrected chi connectivity index (χ4v) is 4.61. The van der Waals surface area contributed by atoms with Crippen molar-refractivity contribution in [3.8, 4) is 5.75 Å². The molecular formula is C25H26BrN3O. The summed E-state index contributed by atoms with van der Waals surface area (Å²) in [6, 6.07) is 21.0. The van der Waals surface area contributed by atoms with Crippen molar-refractivity contribution >= 4 is 26.7 Å². The molecule has 1 unspecified atom stereocenters. The molecule has 4 nitrogen and oxygen atoms in total. The van der Waals surface area contributed by atoms with Crippen molar-refractivity contribution in [1.82, 2.24) is 9.55 Å². The highest BCUT2D eigenvalue weighted by atomic mass is 79.9. The topological polar surface area (TPSA) is 53.1 Å². The van der Waals surface area contributed by atoms with Crippen molar-refractivity contribution in [1.29, 1.82) is 0 Å². The third kappa shape index (κ3) is 4.42. The maximum Gasteiger partial charge on any atom is 0.122 e. The number of nitrogens with two attached hydrogens (primary N) is 1. The molecule has 0 saturated carbocycles. The lowest BCUT2D eigenvalue weighted by Crippen LogP contribution is -2.39. The van der Waals surface area contributed by atoms with Crippen LogP contribution in [0, 0.1) is 0 Å². The summed E-state index contributed by atoms with van der Waals surface area (Å²) >= 11 is 3.60. The van der Waals surface area contributed by atoms with Crippen LogP contribution in [-0.2, 0) is 18.5 Å². The highest BCUT2D eigenvalue weighted by Crippen LogP contribution is 2.36. The van der Waals surface area contributed by atoms with E-state index in [1.165, 1.54) is 16.3 Å². The normalized spacial score (nSPS) is 13.3. The molecule has 0 aliphatic rings. The second kappa shape index (κ2) is 9.02. The first-order valence-corrected chi connectivity index (χ1v) is 10.9. The Balaban J connectivity index is 1.73. The summed E-state index contributed by atoms with van der Waals surface area (Å²) in [5, 5.41) is 2.42. The Hall–Kier alpha value is -2.63. The van der Waals surface area contributed by atoms with Gasteiger partial charge in [-0.1, -0.05) is 58.4 Å². The highest BCUT2D eigenvalue weighted by molar-refractivity contribution is 9.10. The van der Waals surface area contributed by atoms with Gasteiger partial charge in [-0.2, -0.15) is 0 Å². The van der Waals surface area contributed by atoms with Gasteiger partial charge < -0.3 is 15.0 Å². The van der Waals surface area contributed by atoms with Gasteiger partial charge in [-0.25, -0.2) is 4.98 Å². The Bertz CT molecular complexity index is 1120. The first kappa shape index (κ1) is 20.6. The second-order valence-corrected chi connectivity index (χ2v) is 8.64. The molecule has 4 rings (SSSR count). The Kier molecular flexibility index (Phi) is 6.21. The number of rotatable bonds is 8. The molecule has 0 saturated heterocycles. The SMILES string of the molecule is COc1ccc(Br)cc1CC(N)(CCCn1ccnc1)c1cccc2ccccc12. The van der Waals surface area contributed by atoms with Gasteiger partial charge in [-0.05, 0) is 59.4 Å². The van der Waals surface area contributed by atoms with Crippen LogP contribution in [0.2, 0.25) is 0 Å². The van der Waals surface area contributed by atoms with E-state index in [2.05, 4.69) is 74.0 Å². The van der Waals surface area contributed by atoms with Crippen LogP contribution in [0.3, 0.4) is 0 Å². The molecule has 0 aliphatic carbocycles. The minimum absolute atomic E-state index is 0.532. The van der Waals surface area contributed by atoms with Crippen LogP contribution in [0.15, 0.2) is 83.9 Å². The predicted molar refractivity (Wildman–Crippen MR) is 126 cm³/mol. The Morgan fingerprint density at radius 2 is 1.93 bits per heavy atom. The number of hydrogen-bond acceptors (Lipinski definition) is 3. The van der Waals surface area contributed by atoms with E-state index < -0.39 is 5.54 Å². The molecule has 0 radical (unpaired) electrons. The molecule has 0 bridgehead atoms. The van der Waals surface area contributed by atoms with E-state index >= 15 is 0 Å². The monoisotopic (exact) mass is 463 g/mol. The summed E-state index contributed by atoms with van der Waals surface area (Å²) < 4.78 is 8.77. The Morgan fingerprint density at radius 3 is 2.73 bits per heavy atom. The van der Waals surface area contributed by atoms with E-state index in [0.717, 1.165) is 35.2 Å². The molecule has 0 amide bonds. The van der Waals surface area contributed by atoms with Crippen molar-refractivity contribution in [3.63, 3.8) is 0 Å². The molecule has 4 aromatic rings. The third-order valence-electron chi connectivity index (χ3n) is 5.67. The summed E-state index contributed by atoms with van der Waals surface area (Å²) in [6.45, 7) is 0.888. The van der Waals surface area contributed by atoms with E-state index in [0.29, 0.717) is 6.42 Å². The van der Waals surface area contributed by atoms with E-state index in [1.807, 2.05) is 30.9 Å². The number of halogens is 1. The molecule has 3 aromatic carbocycles. The summed E-state index contributed by atoms with van der Waals surface area (Å²) in [4.78, 5) is 4.15. The minimum atomic E-state index is -0.532. The van der Waals surface area contributed by atoms with Crippen molar-refractivity contribution < 1.29 is 4.74 Å². The lowest BCUT2D eigenvalue weighted by molar-refractivity contribution is 0.366. The predicted octanol–water partition coefficient (Wildman–Crippen LogP) is 5.68. The molecule has 30 heavy (non-hydrogen) atoms. The number of hydrogen-bond donors (Lipinski definition) is 1. The molecule has 0 spiro atoms. The second-order valence-electron chi connectivity index (χ2n) is 7.72. The van der Waals surface area contributed by atoms with Crippen LogP contribution in [0.1, 0.15) is 24.0 Å². The first-order chi connectivity index (χ1) is 14.6. The summed E-state index contributed by atoms with van der Waals surface area (Å²) in [5.41, 5.74) is 8.98. The van der Waals surface area contributed by atoms with Crippen LogP contribution >= 0.6 is 15.9 Å². The largest absolute Gasteiger partial charge is 0.496 e. The standard InChI is InChI=1S/C25H26BrN3O/c1-30-24-11-10-21(26)16-20(24)17-25(27,12-5-14-29-15-13-28-18-29)23-9-4-7-19-6-2-3-8-22(19)23/h2-4,6-11,13,15-16,18H,5,12,14,17,27H2,1H3. The van der Waals surface area contributed by atoms with Crippen LogP contribution in [0.5, 0.6) is 5.75 Å². The number of imidazole rings is 1. The molecule has 1 aromatic heterocycles. The van der Waals surface area contributed by atoms with Crippen molar-refractivity contribution in [2.45, 2.75) is 31.3 Å². The fraction of sp³-hybridized carbons (Fsp3) is 0.240. The van der Waals surface area contributed by atoms with Crippen LogP contribution in [-0.4, -0.2) is 16.7 Å². The number of methoxy groups -OCH3 is 1. The molecule has 154 valence electrons. The number of ether oxygens (including phenoxy) is 1. The third-order valence-corrected chi connectivity index (χ3v) is 6.17. The lowest BCUT2D eigenvalue weighted by atomic mass is 9.78. The summed E-state index contributed by atoms with van der Waals surface area (Å²) in [6.07, 6.45) is 8.14. The van der Waals surface area contributed by atoms with Crippen molar-refractivity contribution in [2.24, 2.45) is 5.73 Å². The van der Waals surface area contributed by atoms with Gasteiger partial charge in [0.2, 0.25) is 0 Å². The summed E-state index contributed by atoms with van der Waals surface area (Å²) in [7, 11) is 1.71. The zero-order valence-electron chi connectivity index (χ0n) is 17.1. The van der Waals surface area contributed by atoms with Crippen molar-refractivity contribution in [3.05, 3.63) is 95.0 Å². The van der Waals surface area contributed by atoms with Gasteiger partial charge in [0.15, 0.2) is 0 Å². The molecule has 0 aliphatic heterocycles. The quantitative estimate of drug-likeness (QED) is 0.365. The molecule has 1 heterocycles. The number of fused-ring (bicyclic) bond motifs is 1. The number of aromatic nitrogens is 2. The zero-order chi connectivity index (χ0) is 21.0. The molecule has 0 fully saturated rings. The Morgan fingerprint density at radius 1 is 1.10 bits per heavy atom. The van der Waals surface area contributed by atoms with Gasteiger partial charge in [0.25, 0.3) is 0 Å². The van der Waals surface area contributed by atoms with E-state index in [4.69, 9.17) is 10.5 Å². The number of benzene rings is 3. The van der Waals surface area contributed by atoms with E-state index in [1.54, 1.807) is 7.11 Å². The first-order valence-electron chi connectivity index (χ1n) is 10.1. The van der Waals surface area contributed by atoms with Crippen molar-refractivity contribution in [2.75, 3.05) is 7.11 Å². The smallest absolute Gasteiger partial charge is 0.122 e. The molecular weight excluding hydrogens is 438 g/mol. The van der Waals surface area contributed by atoms with Crippen LogP contribution < -0.4 is 10.5 Å². The van der Waals surface area contributed by atoms with Gasteiger partial charge >= 0.3 is 0 Å². The number of nitrogens with zero attached hydrogens (tertiary/aromatic N) is 2. The van der Waals surface area contributed by atoms with Gasteiger partial charge in [0.05, 0.1) is 13.4 Å². The van der Waals surface area contributed by atoms with Crippen LogP contribution in [0.4, 0.5) is 0 Å². The van der Waals surface area contributed by atoms with E-state index in [9.17, 15) is 0 Å². The van der Waals surface area contributed by atoms with Gasteiger partial charge in [0.1, 0.15) is 5.75 Å². The lowest BCUT2D eigenvalue weighted by Gasteiger charge is -2.32. The average Bonchev–Trinajstić information content (AvgIpc) is 3.27. The van der Waals surface area contributed by atoms with Gasteiger partial charge in [-0.3, -0.25) is 0 Å². The molecule has 2 N–H and O–H groups in total. The average molecular weight is 464 g/mol. The molecule has 1 atom stereocenters. The Labute approximate surface area is 185 Å². The maximum atomic E-state index is 7.23. The fourth-order valence-electron chi connectivity index (χ4n) is 4.20. The van der Waals surface area contributed by atoms with Gasteiger partial charge in [0, 0.05) is 29.0 Å². The number of aryl methyl sites for hydroxylation is 1. The minimum Gasteiger partial charge on any atom is -0.496 e. The maximum absolute atomic E-state index is 7.23. The molecule has 5 heteroatoms. The zero-order valence-corrected chi connectivity index (χ0v) is 18.7. The van der Waals surface area contributed by atoms with E-state index in [-0.39, 0.29) is 0 Å².